The molecule has 0 aromatic heterocycles. The van der Waals surface area contributed by atoms with Crippen molar-refractivity contribution >= 4 is 22.0 Å². The van der Waals surface area contributed by atoms with Crippen molar-refractivity contribution in [3.8, 4) is 5.75 Å². The zero-order valence-electron chi connectivity index (χ0n) is 20.2. The van der Waals surface area contributed by atoms with Gasteiger partial charge in [0.1, 0.15) is 16.7 Å². The van der Waals surface area contributed by atoms with Crippen LogP contribution >= 0.6 is 0 Å². The molecule has 8 heteroatoms. The molecule has 3 atom stereocenters. The van der Waals surface area contributed by atoms with Gasteiger partial charge in [-0.2, -0.15) is 4.31 Å². The van der Waals surface area contributed by atoms with E-state index in [4.69, 9.17) is 4.74 Å². The number of rotatable bonds is 6. The van der Waals surface area contributed by atoms with E-state index in [2.05, 4.69) is 0 Å². The number of likely N-dealkylation sites (N-methyl/N-ethyl adjacent to an activating group) is 1. The number of allylic oxidation sites excluding steroid dienone is 1. The van der Waals surface area contributed by atoms with Crippen molar-refractivity contribution in [3.63, 3.8) is 0 Å². The molecule has 1 aliphatic carbocycles. The first-order valence-electron chi connectivity index (χ1n) is 12.0. The predicted molar refractivity (Wildman–Crippen MR) is 129 cm³/mol. The van der Waals surface area contributed by atoms with Gasteiger partial charge in [0.2, 0.25) is 15.9 Å². The number of hydrogen-bond donors (Lipinski definition) is 1. The zero-order valence-corrected chi connectivity index (χ0v) is 21.1. The highest BCUT2D eigenvalue weighted by Gasteiger charge is 2.38. The molecule has 0 spiro atoms. The van der Waals surface area contributed by atoms with Crippen molar-refractivity contribution in [1.29, 1.82) is 0 Å². The van der Waals surface area contributed by atoms with Gasteiger partial charge in [-0.05, 0) is 44.4 Å². The van der Waals surface area contributed by atoms with Crippen LogP contribution in [0.3, 0.4) is 0 Å². The maximum absolute atomic E-state index is 13.5. The Balaban J connectivity index is 1.95. The fourth-order valence-corrected chi connectivity index (χ4v) is 6.60. The summed E-state index contributed by atoms with van der Waals surface area (Å²) in [6.45, 7) is 5.85. The minimum atomic E-state index is -3.86. The number of amides is 1. The van der Waals surface area contributed by atoms with Crippen LogP contribution in [0.2, 0.25) is 0 Å². The van der Waals surface area contributed by atoms with E-state index in [1.54, 1.807) is 30.0 Å². The van der Waals surface area contributed by atoms with Gasteiger partial charge < -0.3 is 14.7 Å². The summed E-state index contributed by atoms with van der Waals surface area (Å²) in [4.78, 5) is 14.9. The molecule has 1 heterocycles. The molecule has 2 aliphatic rings. The Morgan fingerprint density at radius 2 is 2.00 bits per heavy atom. The fourth-order valence-electron chi connectivity index (χ4n) is 4.78. The maximum atomic E-state index is 13.5. The predicted octanol–water partition coefficient (Wildman–Crippen LogP) is 3.53. The van der Waals surface area contributed by atoms with Gasteiger partial charge in [0.15, 0.2) is 0 Å². The third-order valence-corrected chi connectivity index (χ3v) is 8.85. The van der Waals surface area contributed by atoms with Crippen molar-refractivity contribution in [2.75, 3.05) is 26.7 Å². The topological polar surface area (TPSA) is 87.2 Å². The number of ether oxygens (including phenoxy) is 1. The smallest absolute Gasteiger partial charge is 0.247 e. The van der Waals surface area contributed by atoms with Gasteiger partial charge in [-0.25, -0.2) is 8.42 Å². The van der Waals surface area contributed by atoms with E-state index in [1.165, 1.54) is 10.7 Å². The number of carbonyl (C=O) groups is 1. The highest BCUT2D eigenvalue weighted by molar-refractivity contribution is 7.89. The molecular weight excluding hydrogens is 440 g/mol. The van der Waals surface area contributed by atoms with Crippen molar-refractivity contribution in [1.82, 2.24) is 9.21 Å². The van der Waals surface area contributed by atoms with Gasteiger partial charge in [0, 0.05) is 31.5 Å². The molecule has 1 N–H and O–H groups in total. The summed E-state index contributed by atoms with van der Waals surface area (Å²) in [7, 11) is -2.05. The highest BCUT2D eigenvalue weighted by Crippen LogP contribution is 2.35. The van der Waals surface area contributed by atoms with Crippen LogP contribution < -0.4 is 4.74 Å². The molecule has 0 unspecified atom stereocenters. The molecular formula is C25H38N2O5S. The quantitative estimate of drug-likeness (QED) is 0.676. The van der Waals surface area contributed by atoms with Crippen LogP contribution in [0.1, 0.15) is 58.4 Å². The van der Waals surface area contributed by atoms with Gasteiger partial charge in [0.25, 0.3) is 0 Å². The molecule has 0 saturated heterocycles. The van der Waals surface area contributed by atoms with E-state index in [0.29, 0.717) is 6.54 Å². The van der Waals surface area contributed by atoms with E-state index in [0.717, 1.165) is 31.2 Å². The van der Waals surface area contributed by atoms with Gasteiger partial charge in [0.05, 0.1) is 13.2 Å². The van der Waals surface area contributed by atoms with Crippen molar-refractivity contribution in [2.45, 2.75) is 69.9 Å². The first kappa shape index (κ1) is 25.7. The van der Waals surface area contributed by atoms with Gasteiger partial charge in [-0.1, -0.05) is 44.4 Å². The molecule has 7 nitrogen and oxygen atoms in total. The molecule has 1 aliphatic heterocycles. The van der Waals surface area contributed by atoms with Crippen molar-refractivity contribution in [3.05, 3.63) is 29.8 Å². The van der Waals surface area contributed by atoms with Crippen molar-refractivity contribution < 1.29 is 23.1 Å². The van der Waals surface area contributed by atoms with Gasteiger partial charge in [-0.3, -0.25) is 4.79 Å². The number of hydrogen-bond acceptors (Lipinski definition) is 5. The number of aliphatic hydroxyl groups is 1. The van der Waals surface area contributed by atoms with Crippen LogP contribution in [0, 0.1) is 11.8 Å². The first-order valence-corrected chi connectivity index (χ1v) is 13.4. The summed E-state index contributed by atoms with van der Waals surface area (Å²) in [5.74, 6) is 0.306. The Morgan fingerprint density at radius 1 is 1.30 bits per heavy atom. The lowest BCUT2D eigenvalue weighted by molar-refractivity contribution is -0.136. The molecule has 1 fully saturated rings. The lowest BCUT2D eigenvalue weighted by Crippen LogP contribution is -2.50. The SMILES string of the molecule is C/C=C/c1ccc2c(c1)O[C@@H](CN(C)C(=O)C1CCCCC1)[C@H](C)CN([C@H](C)CO)S2(=O)=O. The summed E-state index contributed by atoms with van der Waals surface area (Å²) in [5, 5.41) is 9.76. The van der Waals surface area contributed by atoms with E-state index in [1.807, 2.05) is 33.0 Å². The fraction of sp³-hybridized carbons (Fsp3) is 0.640. The minimum absolute atomic E-state index is 0.0625. The third-order valence-electron chi connectivity index (χ3n) is 6.83. The largest absolute Gasteiger partial charge is 0.487 e. The lowest BCUT2D eigenvalue weighted by Gasteiger charge is -2.38. The number of benzene rings is 1. The van der Waals surface area contributed by atoms with E-state index < -0.39 is 16.1 Å². The standard InChI is InChI=1S/C25H38N2O5S/c1-5-9-20-12-13-24-22(14-20)32-23(16-26(4)25(29)21-10-7-6-8-11-21)18(2)15-27(19(3)17-28)33(24,30)31/h5,9,12-14,18-19,21,23,28H,6-8,10-11,15-17H2,1-4H3/b9-5+/t18-,19-,23+/m1/s1. The Morgan fingerprint density at radius 3 is 2.64 bits per heavy atom. The molecule has 3 rings (SSSR count). The number of sulfonamides is 1. The van der Waals surface area contributed by atoms with E-state index in [-0.39, 0.29) is 47.6 Å². The molecule has 0 bridgehead atoms. The third kappa shape index (κ3) is 5.78. The molecule has 1 aromatic carbocycles. The second kappa shape index (κ2) is 11.0. The number of aliphatic hydroxyl groups excluding tert-OH is 1. The van der Waals surface area contributed by atoms with Crippen LogP contribution in [-0.4, -0.2) is 67.5 Å². The zero-order chi connectivity index (χ0) is 24.2. The lowest BCUT2D eigenvalue weighted by atomic mass is 9.88. The molecule has 0 radical (unpaired) electrons. The van der Waals surface area contributed by atoms with E-state index in [9.17, 15) is 18.3 Å². The second-order valence-electron chi connectivity index (χ2n) is 9.50. The van der Waals surface area contributed by atoms with Crippen molar-refractivity contribution in [2.24, 2.45) is 11.8 Å². The van der Waals surface area contributed by atoms with Crippen LogP contribution in [0.5, 0.6) is 5.75 Å². The summed E-state index contributed by atoms with van der Waals surface area (Å²) in [5.41, 5.74) is 0.840. The van der Waals surface area contributed by atoms with Gasteiger partial charge in [-0.15, -0.1) is 0 Å². The van der Waals surface area contributed by atoms with Crippen LogP contribution in [0.4, 0.5) is 0 Å². The Labute approximate surface area is 198 Å². The average Bonchev–Trinajstić information content (AvgIpc) is 2.81. The Hall–Kier alpha value is -1.90. The average molecular weight is 479 g/mol. The summed E-state index contributed by atoms with van der Waals surface area (Å²) in [6.07, 6.45) is 8.62. The number of carbonyl (C=O) groups excluding carboxylic acids is 1. The van der Waals surface area contributed by atoms with Crippen LogP contribution in [-0.2, 0) is 14.8 Å². The Bertz CT molecular complexity index is 956. The highest BCUT2D eigenvalue weighted by atomic mass is 32.2. The van der Waals surface area contributed by atoms with E-state index >= 15 is 0 Å². The number of fused-ring (bicyclic) bond motifs is 1. The van der Waals surface area contributed by atoms with Crippen LogP contribution in [0.15, 0.2) is 29.2 Å². The monoisotopic (exact) mass is 478 g/mol. The molecule has 1 aromatic rings. The summed E-state index contributed by atoms with van der Waals surface area (Å²) < 4.78 is 34.7. The van der Waals surface area contributed by atoms with Gasteiger partial charge >= 0.3 is 0 Å². The van der Waals surface area contributed by atoms with Crippen LogP contribution in [0.25, 0.3) is 6.08 Å². The first-order chi connectivity index (χ1) is 15.7. The molecule has 184 valence electrons. The Kier molecular flexibility index (Phi) is 8.59. The minimum Gasteiger partial charge on any atom is -0.487 e. The molecule has 1 saturated carbocycles. The second-order valence-corrected chi connectivity index (χ2v) is 11.4. The summed E-state index contributed by atoms with van der Waals surface area (Å²) >= 11 is 0. The molecule has 1 amide bonds. The summed E-state index contributed by atoms with van der Waals surface area (Å²) in [6, 6.07) is 4.49. The normalized spacial score (nSPS) is 25.0. The number of nitrogens with zero attached hydrogens (tertiary/aromatic N) is 2. The maximum Gasteiger partial charge on any atom is 0.247 e. The molecule has 33 heavy (non-hydrogen) atoms.